The smallest absolute Gasteiger partial charge is 0.245 e. The molecule has 4 atom stereocenters. The fourth-order valence-electron chi connectivity index (χ4n) is 6.73. The second-order valence-corrected chi connectivity index (χ2v) is 15.0. The summed E-state index contributed by atoms with van der Waals surface area (Å²) in [5.41, 5.74) is 2.95. The molecule has 1 unspecified atom stereocenters. The monoisotopic (exact) mass is 592 g/mol. The average molecular weight is 593 g/mol. The van der Waals surface area contributed by atoms with Crippen molar-refractivity contribution >= 4 is 21.4 Å². The van der Waals surface area contributed by atoms with Gasteiger partial charge in [-0.1, -0.05) is 71.4 Å². The molecule has 42 heavy (non-hydrogen) atoms. The highest BCUT2D eigenvalue weighted by molar-refractivity contribution is 7.89. The molecule has 226 valence electrons. The van der Waals surface area contributed by atoms with Crippen molar-refractivity contribution in [2.24, 2.45) is 23.7 Å². The maximum Gasteiger partial charge on any atom is 0.245 e. The number of halogens is 1. The summed E-state index contributed by atoms with van der Waals surface area (Å²) in [6.45, 7) is 11.6. The third-order valence-electron chi connectivity index (χ3n) is 9.12. The van der Waals surface area contributed by atoms with Gasteiger partial charge in [0.1, 0.15) is 22.6 Å². The van der Waals surface area contributed by atoms with Crippen LogP contribution in [0.5, 0.6) is 5.75 Å². The maximum absolute atomic E-state index is 14.3. The Morgan fingerprint density at radius 2 is 1.67 bits per heavy atom. The molecule has 2 aliphatic rings. The molecule has 7 heteroatoms. The van der Waals surface area contributed by atoms with Gasteiger partial charge < -0.3 is 9.64 Å². The Balaban J connectivity index is 1.73. The highest BCUT2D eigenvalue weighted by Crippen LogP contribution is 2.46. The third kappa shape index (κ3) is 6.23. The predicted octanol–water partition coefficient (Wildman–Crippen LogP) is 8.52. The summed E-state index contributed by atoms with van der Waals surface area (Å²) in [7, 11) is -2.16. The largest absolute Gasteiger partial charge is 0.489 e. The number of ether oxygens (including phenoxy) is 1. The lowest BCUT2D eigenvalue weighted by atomic mass is 9.75. The lowest BCUT2D eigenvalue weighted by Crippen LogP contribution is -2.41. The Hall–Kier alpha value is -2.90. The van der Waals surface area contributed by atoms with E-state index in [0.29, 0.717) is 47.2 Å². The predicted molar refractivity (Wildman–Crippen MR) is 169 cm³/mol. The van der Waals surface area contributed by atoms with Crippen LogP contribution in [-0.4, -0.2) is 38.5 Å². The summed E-state index contributed by atoms with van der Waals surface area (Å²) in [6, 6.07) is 19.7. The Morgan fingerprint density at radius 3 is 2.31 bits per heavy atom. The summed E-state index contributed by atoms with van der Waals surface area (Å²) < 4.78 is 51.1. The molecule has 3 aromatic carbocycles. The van der Waals surface area contributed by atoms with E-state index >= 15 is 0 Å². The first-order valence-corrected chi connectivity index (χ1v) is 16.8. The number of para-hydroxylation sites is 1. The molecule has 5 nitrogen and oxygen atoms in total. The van der Waals surface area contributed by atoms with Gasteiger partial charge in [0.25, 0.3) is 0 Å². The van der Waals surface area contributed by atoms with Gasteiger partial charge in [-0.3, -0.25) is 0 Å². The number of sulfonamides is 1. The highest BCUT2D eigenvalue weighted by atomic mass is 32.2. The van der Waals surface area contributed by atoms with Crippen molar-refractivity contribution in [3.63, 3.8) is 0 Å². The van der Waals surface area contributed by atoms with Gasteiger partial charge in [0.15, 0.2) is 0 Å². The molecule has 0 aromatic heterocycles. The summed E-state index contributed by atoms with van der Waals surface area (Å²) in [4.78, 5) is 2.37. The van der Waals surface area contributed by atoms with Crippen molar-refractivity contribution < 1.29 is 17.5 Å². The number of hydrogen-bond acceptors (Lipinski definition) is 4. The van der Waals surface area contributed by atoms with Crippen molar-refractivity contribution in [1.82, 2.24) is 4.31 Å². The number of rotatable bonds is 7. The van der Waals surface area contributed by atoms with Crippen molar-refractivity contribution in [2.45, 2.75) is 77.3 Å². The van der Waals surface area contributed by atoms with Gasteiger partial charge in [-0.25, -0.2) is 12.8 Å². The highest BCUT2D eigenvalue weighted by Gasteiger charge is 2.39. The summed E-state index contributed by atoms with van der Waals surface area (Å²) in [5, 5.41) is 0. The van der Waals surface area contributed by atoms with Gasteiger partial charge in [0.2, 0.25) is 10.0 Å². The first-order chi connectivity index (χ1) is 20.0. The molecule has 0 amide bonds. The summed E-state index contributed by atoms with van der Waals surface area (Å²) in [6.07, 6.45) is 3.98. The van der Waals surface area contributed by atoms with Gasteiger partial charge >= 0.3 is 0 Å². The van der Waals surface area contributed by atoms with E-state index in [9.17, 15) is 12.8 Å². The number of nitrogens with zero attached hydrogens (tertiary/aromatic N) is 2. The number of benzene rings is 3. The number of hydrogen-bond donors (Lipinski definition) is 0. The first kappa shape index (κ1) is 30.6. The molecule has 0 saturated heterocycles. The second-order valence-electron chi connectivity index (χ2n) is 13.1. The molecule has 1 aliphatic carbocycles. The van der Waals surface area contributed by atoms with Crippen LogP contribution in [0.1, 0.15) is 60.3 Å². The van der Waals surface area contributed by atoms with Crippen LogP contribution in [0, 0.1) is 29.5 Å². The molecule has 1 heterocycles. The molecular weight excluding hydrogens is 547 g/mol. The van der Waals surface area contributed by atoms with Crippen molar-refractivity contribution in [2.75, 3.05) is 18.5 Å². The zero-order chi connectivity index (χ0) is 30.2. The standard InChI is InChI=1S/C35H45FN2O3S/c1-23(2)18-29-22-38(28-10-8-7-9-11-28)32-21-34(41-33-19-25(5)12-17-30(33)24(3)4)31(26-13-15-27(36)16-14-26)20-35(32)42(39,40)37(29)6/h7-11,13-16,20-21,23-25,29-30,33H,12,17-19,22H2,1-6H3/t25-,29-,30?,33-/m1/s1. The molecule has 5 rings (SSSR count). The quantitative estimate of drug-likeness (QED) is 0.276. The van der Waals surface area contributed by atoms with E-state index < -0.39 is 10.0 Å². The molecule has 0 spiro atoms. The zero-order valence-corrected chi connectivity index (χ0v) is 26.6. The van der Waals surface area contributed by atoms with Crippen LogP contribution in [0.15, 0.2) is 71.6 Å². The van der Waals surface area contributed by atoms with Crippen LogP contribution < -0.4 is 9.64 Å². The van der Waals surface area contributed by atoms with Gasteiger partial charge in [-0.2, -0.15) is 4.31 Å². The summed E-state index contributed by atoms with van der Waals surface area (Å²) >= 11 is 0. The number of fused-ring (bicyclic) bond motifs is 1. The lowest BCUT2D eigenvalue weighted by molar-refractivity contribution is 0.0464. The van der Waals surface area contributed by atoms with E-state index in [0.717, 1.165) is 30.5 Å². The Bertz CT molecular complexity index is 1470. The number of anilines is 2. The topological polar surface area (TPSA) is 49.9 Å². The fraction of sp³-hybridized carbons (Fsp3) is 0.486. The van der Waals surface area contributed by atoms with E-state index in [2.05, 4.69) is 39.5 Å². The van der Waals surface area contributed by atoms with Crippen molar-refractivity contribution in [1.29, 1.82) is 0 Å². The van der Waals surface area contributed by atoms with Crippen LogP contribution in [0.2, 0.25) is 0 Å². The number of likely N-dealkylation sites (N-methyl/N-ethyl adjacent to an activating group) is 1. The minimum Gasteiger partial charge on any atom is -0.489 e. The molecule has 0 N–H and O–H groups in total. The van der Waals surface area contributed by atoms with Gasteiger partial charge in [-0.15, -0.1) is 0 Å². The van der Waals surface area contributed by atoms with E-state index in [4.69, 9.17) is 4.74 Å². The van der Waals surface area contributed by atoms with E-state index in [1.165, 1.54) is 18.6 Å². The SMILES string of the molecule is CC(C)C[C@@H]1CN(c2ccccc2)c2cc(O[C@@H]3C[C@H](C)CCC3C(C)C)c(-c3ccc(F)cc3)cc2S(=O)(=O)N1C. The molecule has 0 radical (unpaired) electrons. The third-order valence-corrected chi connectivity index (χ3v) is 11.1. The van der Waals surface area contributed by atoms with Crippen LogP contribution in [0.4, 0.5) is 15.8 Å². The molecule has 1 fully saturated rings. The van der Waals surface area contributed by atoms with E-state index in [-0.39, 0.29) is 22.9 Å². The lowest BCUT2D eigenvalue weighted by Gasteiger charge is -2.38. The van der Waals surface area contributed by atoms with Crippen molar-refractivity contribution in [3.8, 4) is 16.9 Å². The average Bonchev–Trinajstić information content (AvgIpc) is 3.02. The van der Waals surface area contributed by atoms with Gasteiger partial charge in [0, 0.05) is 37.0 Å². The van der Waals surface area contributed by atoms with E-state index in [1.807, 2.05) is 36.4 Å². The van der Waals surface area contributed by atoms with Crippen LogP contribution in [0.3, 0.4) is 0 Å². The fourth-order valence-corrected chi connectivity index (χ4v) is 8.28. The van der Waals surface area contributed by atoms with Gasteiger partial charge in [0.05, 0.1) is 5.69 Å². The Morgan fingerprint density at radius 1 is 0.976 bits per heavy atom. The molecule has 1 aliphatic heterocycles. The Labute approximate surface area is 251 Å². The van der Waals surface area contributed by atoms with Crippen molar-refractivity contribution in [3.05, 3.63) is 72.5 Å². The van der Waals surface area contributed by atoms with Crippen LogP contribution in [-0.2, 0) is 10.0 Å². The molecule has 1 saturated carbocycles. The van der Waals surface area contributed by atoms with Gasteiger partial charge in [-0.05, 0) is 78.8 Å². The molecule has 3 aromatic rings. The minimum atomic E-state index is -3.85. The van der Waals surface area contributed by atoms with Crippen LogP contribution in [0.25, 0.3) is 11.1 Å². The van der Waals surface area contributed by atoms with Crippen LogP contribution >= 0.6 is 0 Å². The normalized spacial score (nSPS) is 24.5. The molecule has 0 bridgehead atoms. The minimum absolute atomic E-state index is 0.00919. The maximum atomic E-state index is 14.3. The molecular formula is C35H45FN2O3S. The van der Waals surface area contributed by atoms with E-state index in [1.54, 1.807) is 29.6 Å². The summed E-state index contributed by atoms with van der Waals surface area (Å²) in [5.74, 6) is 2.04. The zero-order valence-electron chi connectivity index (χ0n) is 25.8. The Kier molecular flexibility index (Phi) is 9.00. The second kappa shape index (κ2) is 12.4. The first-order valence-electron chi connectivity index (χ1n) is 15.4.